The first-order chi connectivity index (χ1) is 22.3. The summed E-state index contributed by atoms with van der Waals surface area (Å²) >= 11 is 5.95. The zero-order chi connectivity index (χ0) is 32.4. The molecule has 2 amide bonds. The lowest BCUT2D eigenvalue weighted by Crippen LogP contribution is -2.49. The number of aromatic nitrogens is 2. The second-order valence-electron chi connectivity index (χ2n) is 10.5. The van der Waals surface area contributed by atoms with Crippen molar-refractivity contribution >= 4 is 40.8 Å². The summed E-state index contributed by atoms with van der Waals surface area (Å²) in [5.41, 5.74) is 3.85. The van der Waals surface area contributed by atoms with Gasteiger partial charge in [-0.05, 0) is 59.5 Å². The van der Waals surface area contributed by atoms with E-state index in [2.05, 4.69) is 20.4 Å². The Morgan fingerprint density at radius 2 is 1.78 bits per heavy atom. The maximum atomic E-state index is 14.7. The number of rotatable bonds is 6. The van der Waals surface area contributed by atoms with Crippen LogP contribution in [0.3, 0.4) is 0 Å². The largest absolute Gasteiger partial charge is 0.465 e. The van der Waals surface area contributed by atoms with Crippen molar-refractivity contribution in [1.29, 1.82) is 5.26 Å². The van der Waals surface area contributed by atoms with Crippen molar-refractivity contribution in [2.45, 2.75) is 25.0 Å². The van der Waals surface area contributed by atoms with Gasteiger partial charge in [-0.1, -0.05) is 41.0 Å². The molecule has 3 heterocycles. The SMILES string of the molecule is COC(=O)c1ccc(NC(=O)[C@H]2c3cccc(-c4cnc(C#N)nc4)c3CCN2C(=O)[C@H]2CC(c3cccc(Cl)c3F)=NO2)cc1. The average Bonchev–Trinajstić information content (AvgIpc) is 3.58. The third-order valence-corrected chi connectivity index (χ3v) is 8.09. The lowest BCUT2D eigenvalue weighted by molar-refractivity contribution is -0.148. The van der Waals surface area contributed by atoms with Gasteiger partial charge in [-0.3, -0.25) is 9.59 Å². The van der Waals surface area contributed by atoms with Crippen LogP contribution in [0.15, 0.2) is 78.2 Å². The zero-order valence-electron chi connectivity index (χ0n) is 24.2. The summed E-state index contributed by atoms with van der Waals surface area (Å²) in [6, 6.07) is 16.8. The van der Waals surface area contributed by atoms with Gasteiger partial charge in [0.2, 0.25) is 11.9 Å². The maximum Gasteiger partial charge on any atom is 0.337 e. The Balaban J connectivity index is 1.33. The van der Waals surface area contributed by atoms with Gasteiger partial charge in [0.25, 0.3) is 11.8 Å². The molecule has 0 saturated heterocycles. The smallest absolute Gasteiger partial charge is 0.337 e. The van der Waals surface area contributed by atoms with Crippen LogP contribution < -0.4 is 5.32 Å². The molecule has 2 aliphatic rings. The minimum absolute atomic E-state index is 0.0224. The number of nitrogens with zero attached hydrogens (tertiary/aromatic N) is 5. The molecule has 6 rings (SSSR count). The van der Waals surface area contributed by atoms with Crippen LogP contribution in [0.5, 0.6) is 0 Å². The molecule has 4 aromatic rings. The van der Waals surface area contributed by atoms with Gasteiger partial charge in [-0.2, -0.15) is 5.26 Å². The molecule has 0 aliphatic carbocycles. The Bertz CT molecular complexity index is 1930. The molecule has 230 valence electrons. The minimum Gasteiger partial charge on any atom is -0.465 e. The molecule has 0 bridgehead atoms. The van der Waals surface area contributed by atoms with Crippen LogP contribution in [0.4, 0.5) is 10.1 Å². The molecule has 0 unspecified atom stereocenters. The van der Waals surface area contributed by atoms with Crippen LogP contribution in [-0.2, 0) is 25.6 Å². The minimum atomic E-state index is -1.10. The van der Waals surface area contributed by atoms with Gasteiger partial charge >= 0.3 is 5.97 Å². The van der Waals surface area contributed by atoms with Gasteiger partial charge in [0, 0.05) is 42.2 Å². The van der Waals surface area contributed by atoms with Gasteiger partial charge < -0.3 is 19.8 Å². The summed E-state index contributed by atoms with van der Waals surface area (Å²) in [4.78, 5) is 55.0. The number of nitriles is 1. The van der Waals surface area contributed by atoms with Crippen LogP contribution in [0.25, 0.3) is 11.1 Å². The number of fused-ring (bicyclic) bond motifs is 1. The van der Waals surface area contributed by atoms with Crippen molar-refractivity contribution in [3.8, 4) is 17.2 Å². The first-order valence-electron chi connectivity index (χ1n) is 14.1. The number of halogens is 2. The summed E-state index contributed by atoms with van der Waals surface area (Å²) in [7, 11) is 1.27. The van der Waals surface area contributed by atoms with Gasteiger partial charge in [-0.15, -0.1) is 0 Å². The molecule has 2 aliphatic heterocycles. The highest BCUT2D eigenvalue weighted by atomic mass is 35.5. The normalized spacial score (nSPS) is 16.8. The summed E-state index contributed by atoms with van der Waals surface area (Å²) in [5.74, 6) is -2.17. The number of hydrogen-bond donors (Lipinski definition) is 1. The van der Waals surface area contributed by atoms with E-state index in [1.165, 1.54) is 48.7 Å². The number of esters is 1. The third-order valence-electron chi connectivity index (χ3n) is 7.80. The number of amides is 2. The molecule has 0 spiro atoms. The number of ether oxygens (including phenoxy) is 1. The van der Waals surface area contributed by atoms with E-state index in [1.54, 1.807) is 30.3 Å². The fourth-order valence-corrected chi connectivity index (χ4v) is 5.76. The highest BCUT2D eigenvalue weighted by molar-refractivity contribution is 6.31. The molecule has 2 atom stereocenters. The van der Waals surface area contributed by atoms with Crippen LogP contribution in [0.1, 0.15) is 45.3 Å². The van der Waals surface area contributed by atoms with E-state index in [-0.39, 0.29) is 35.1 Å². The monoisotopic (exact) mass is 638 g/mol. The molecule has 11 nitrogen and oxygen atoms in total. The van der Waals surface area contributed by atoms with Crippen molar-refractivity contribution in [3.63, 3.8) is 0 Å². The topological polar surface area (TPSA) is 147 Å². The van der Waals surface area contributed by atoms with E-state index < -0.39 is 35.7 Å². The molecule has 0 saturated carbocycles. The van der Waals surface area contributed by atoms with E-state index in [9.17, 15) is 18.8 Å². The van der Waals surface area contributed by atoms with E-state index in [0.717, 1.165) is 11.1 Å². The number of carbonyl (C=O) groups excluding carboxylic acids is 3. The van der Waals surface area contributed by atoms with Crippen molar-refractivity contribution in [2.24, 2.45) is 5.16 Å². The third kappa shape index (κ3) is 5.76. The van der Waals surface area contributed by atoms with Crippen molar-refractivity contribution < 1.29 is 28.3 Å². The molecule has 1 aromatic heterocycles. The molecular weight excluding hydrogens is 615 g/mol. The van der Waals surface area contributed by atoms with Gasteiger partial charge in [-0.25, -0.2) is 19.2 Å². The van der Waals surface area contributed by atoms with Crippen LogP contribution in [0, 0.1) is 17.1 Å². The highest BCUT2D eigenvalue weighted by Crippen LogP contribution is 2.38. The molecular formula is C33H24ClFN6O5. The summed E-state index contributed by atoms with van der Waals surface area (Å²) in [6.07, 6.45) is 2.34. The van der Waals surface area contributed by atoms with E-state index in [1.807, 2.05) is 12.1 Å². The van der Waals surface area contributed by atoms with E-state index in [0.29, 0.717) is 28.8 Å². The first-order valence-corrected chi connectivity index (χ1v) is 14.5. The van der Waals surface area contributed by atoms with Crippen LogP contribution in [0.2, 0.25) is 5.02 Å². The van der Waals surface area contributed by atoms with Gasteiger partial charge in [0.1, 0.15) is 12.1 Å². The molecule has 1 N–H and O–H groups in total. The molecule has 0 radical (unpaired) electrons. The lowest BCUT2D eigenvalue weighted by atomic mass is 9.86. The average molecular weight is 639 g/mol. The Labute approximate surface area is 267 Å². The number of anilines is 1. The zero-order valence-corrected chi connectivity index (χ0v) is 25.0. The van der Waals surface area contributed by atoms with Crippen molar-refractivity contribution in [2.75, 3.05) is 19.0 Å². The second-order valence-corrected chi connectivity index (χ2v) is 10.9. The van der Waals surface area contributed by atoms with Gasteiger partial charge in [0.15, 0.2) is 5.82 Å². The Hall–Kier alpha value is -5.67. The van der Waals surface area contributed by atoms with Crippen molar-refractivity contribution in [3.05, 3.63) is 112 Å². The molecule has 3 aromatic carbocycles. The number of hydrogen-bond acceptors (Lipinski definition) is 9. The summed E-state index contributed by atoms with van der Waals surface area (Å²) < 4.78 is 19.5. The Morgan fingerprint density at radius 3 is 2.50 bits per heavy atom. The fourth-order valence-electron chi connectivity index (χ4n) is 5.58. The predicted octanol–water partition coefficient (Wildman–Crippen LogP) is 4.85. The lowest BCUT2D eigenvalue weighted by Gasteiger charge is -2.38. The van der Waals surface area contributed by atoms with Crippen molar-refractivity contribution in [1.82, 2.24) is 14.9 Å². The maximum absolute atomic E-state index is 14.7. The number of benzene rings is 3. The van der Waals surface area contributed by atoms with E-state index in [4.69, 9.17) is 26.4 Å². The number of nitrogens with one attached hydrogen (secondary N) is 1. The fraction of sp³-hybridized carbons (Fsp3) is 0.182. The Kier molecular flexibility index (Phi) is 8.41. The number of methoxy groups -OCH3 is 1. The number of carbonyl (C=O) groups is 3. The quantitative estimate of drug-likeness (QED) is 0.295. The second kappa shape index (κ2) is 12.7. The van der Waals surface area contributed by atoms with Gasteiger partial charge in [0.05, 0.1) is 23.4 Å². The first kappa shape index (κ1) is 30.4. The summed E-state index contributed by atoms with van der Waals surface area (Å²) in [6.45, 7) is 0.153. The van der Waals surface area contributed by atoms with Crippen LogP contribution in [-0.4, -0.2) is 58.1 Å². The number of oxime groups is 1. The predicted molar refractivity (Wildman–Crippen MR) is 164 cm³/mol. The molecule has 13 heteroatoms. The molecule has 46 heavy (non-hydrogen) atoms. The standard InChI is InChI=1S/C33H24ClFN6O5/c1-45-33(44)18-8-10-20(11-9-18)39-31(42)30-23-5-2-4-21(19-16-37-28(15-36)38-17-19)22(23)12-13-41(30)32(43)27-14-26(40-46-27)24-6-3-7-25(34)29(24)35/h2-11,16-17,27,30H,12-14H2,1H3,(H,39,42)/t27-,30-/m1/s1. The molecule has 0 fully saturated rings. The highest BCUT2D eigenvalue weighted by Gasteiger charge is 2.42. The summed E-state index contributed by atoms with van der Waals surface area (Å²) in [5, 5.41) is 15.9. The van der Waals surface area contributed by atoms with Crippen LogP contribution >= 0.6 is 11.6 Å². The van der Waals surface area contributed by atoms with E-state index >= 15 is 0 Å². The Morgan fingerprint density at radius 1 is 1.07 bits per heavy atom.